The van der Waals surface area contributed by atoms with E-state index in [9.17, 15) is 5.11 Å². The van der Waals surface area contributed by atoms with Crippen LogP contribution in [-0.4, -0.2) is 29.7 Å². The number of aryl methyl sites for hydroxylation is 1. The lowest BCUT2D eigenvalue weighted by Crippen LogP contribution is -2.34. The van der Waals surface area contributed by atoms with Crippen LogP contribution in [0.25, 0.3) is 0 Å². The van der Waals surface area contributed by atoms with Crippen LogP contribution in [0.5, 0.6) is 0 Å². The summed E-state index contributed by atoms with van der Waals surface area (Å²) in [5, 5.41) is 13.0. The van der Waals surface area contributed by atoms with E-state index in [1.165, 1.54) is 22.4 Å². The Labute approximate surface area is 151 Å². The average Bonchev–Trinajstić information content (AvgIpc) is 2.64. The third-order valence-electron chi connectivity index (χ3n) is 5.29. The molecule has 2 aromatic carbocycles. The molecule has 1 fully saturated rings. The van der Waals surface area contributed by atoms with Gasteiger partial charge in [0.05, 0.1) is 0 Å². The molecule has 1 unspecified atom stereocenters. The fourth-order valence-corrected chi connectivity index (χ4v) is 3.62. The van der Waals surface area contributed by atoms with Crippen LogP contribution in [0.3, 0.4) is 0 Å². The van der Waals surface area contributed by atoms with Gasteiger partial charge in [0.1, 0.15) is 0 Å². The van der Waals surface area contributed by atoms with Gasteiger partial charge in [-0.15, -0.1) is 0 Å². The third-order valence-corrected chi connectivity index (χ3v) is 5.29. The van der Waals surface area contributed by atoms with Gasteiger partial charge in [-0.1, -0.05) is 48.0 Å². The topological polar surface area (TPSA) is 35.5 Å². The Hall–Kier alpha value is -1.84. The molecule has 1 aliphatic rings. The van der Waals surface area contributed by atoms with Gasteiger partial charge in [-0.2, -0.15) is 0 Å². The quantitative estimate of drug-likeness (QED) is 0.821. The van der Waals surface area contributed by atoms with Crippen molar-refractivity contribution in [2.75, 3.05) is 25.0 Å². The first-order valence-electron chi connectivity index (χ1n) is 9.40. The highest BCUT2D eigenvalue weighted by Crippen LogP contribution is 2.25. The van der Waals surface area contributed by atoms with Crippen LogP contribution in [0.4, 0.5) is 5.69 Å². The Kier molecular flexibility index (Phi) is 6.11. The zero-order valence-electron chi connectivity index (χ0n) is 15.4. The Bertz CT molecular complexity index is 677. The smallest absolute Gasteiger partial charge is 0.0485 e. The molecule has 0 amide bonds. The molecule has 3 nitrogen and oxygen atoms in total. The van der Waals surface area contributed by atoms with Crippen molar-refractivity contribution < 1.29 is 5.11 Å². The van der Waals surface area contributed by atoms with E-state index in [1.54, 1.807) is 0 Å². The second-order valence-corrected chi connectivity index (χ2v) is 7.34. The van der Waals surface area contributed by atoms with E-state index in [1.807, 2.05) is 0 Å². The molecule has 0 aliphatic carbocycles. The highest BCUT2D eigenvalue weighted by Gasteiger charge is 2.19. The summed E-state index contributed by atoms with van der Waals surface area (Å²) in [7, 11) is 0. The number of anilines is 1. The van der Waals surface area contributed by atoms with Crippen LogP contribution in [0.1, 0.15) is 42.5 Å². The first-order chi connectivity index (χ1) is 12.2. The molecule has 0 spiro atoms. The normalized spacial score (nSPS) is 17.4. The van der Waals surface area contributed by atoms with Crippen LogP contribution in [0.15, 0.2) is 48.5 Å². The van der Waals surface area contributed by atoms with Crippen molar-refractivity contribution >= 4 is 5.69 Å². The molecule has 0 radical (unpaired) electrons. The monoisotopic (exact) mass is 338 g/mol. The maximum absolute atomic E-state index is 9.31. The summed E-state index contributed by atoms with van der Waals surface area (Å²) in [4.78, 5) is 2.50. The zero-order chi connectivity index (χ0) is 17.6. The largest absolute Gasteiger partial charge is 0.396 e. The molecule has 3 heteroatoms. The molecular formula is C22H30N2O. The van der Waals surface area contributed by atoms with Crippen LogP contribution in [-0.2, 0) is 6.54 Å². The Morgan fingerprint density at radius 1 is 1.12 bits per heavy atom. The molecule has 0 aromatic heterocycles. The standard InChI is InChI=1S/C22H30N2O/c1-17-6-5-8-20(14-17)18(2)23-22-9-4-3-7-21(22)15-24-12-10-19(16-25)11-13-24/h3-9,14,18-19,23,25H,10-13,15-16H2,1-2H3. The van der Waals surface area contributed by atoms with E-state index >= 15 is 0 Å². The van der Waals surface area contributed by atoms with Gasteiger partial charge >= 0.3 is 0 Å². The summed E-state index contributed by atoms with van der Waals surface area (Å²) in [6.07, 6.45) is 2.21. The van der Waals surface area contributed by atoms with E-state index in [0.29, 0.717) is 12.5 Å². The van der Waals surface area contributed by atoms with Crippen molar-refractivity contribution in [3.8, 4) is 0 Å². The number of aliphatic hydroxyl groups excluding tert-OH is 1. The van der Waals surface area contributed by atoms with Crippen LogP contribution in [0, 0.1) is 12.8 Å². The number of benzene rings is 2. The Morgan fingerprint density at radius 3 is 2.60 bits per heavy atom. The van der Waals surface area contributed by atoms with Gasteiger partial charge < -0.3 is 10.4 Å². The molecule has 2 aromatic rings. The highest BCUT2D eigenvalue weighted by atomic mass is 16.3. The van der Waals surface area contributed by atoms with E-state index < -0.39 is 0 Å². The number of hydrogen-bond donors (Lipinski definition) is 2. The van der Waals surface area contributed by atoms with Crippen LogP contribution < -0.4 is 5.32 Å². The van der Waals surface area contributed by atoms with Crippen molar-refractivity contribution in [2.45, 2.75) is 39.3 Å². The number of aliphatic hydroxyl groups is 1. The maximum Gasteiger partial charge on any atom is 0.0485 e. The Morgan fingerprint density at radius 2 is 1.88 bits per heavy atom. The fourth-order valence-electron chi connectivity index (χ4n) is 3.62. The minimum atomic E-state index is 0.279. The number of piperidine rings is 1. The van der Waals surface area contributed by atoms with Crippen LogP contribution in [0.2, 0.25) is 0 Å². The van der Waals surface area contributed by atoms with Gasteiger partial charge in [0, 0.05) is 24.9 Å². The highest BCUT2D eigenvalue weighted by molar-refractivity contribution is 5.52. The maximum atomic E-state index is 9.31. The SMILES string of the molecule is Cc1cccc(C(C)Nc2ccccc2CN2CCC(CO)CC2)c1. The van der Waals surface area contributed by atoms with Gasteiger partial charge in [0.2, 0.25) is 0 Å². The van der Waals surface area contributed by atoms with Crippen molar-refractivity contribution in [1.82, 2.24) is 4.90 Å². The van der Waals surface area contributed by atoms with Gasteiger partial charge in [-0.25, -0.2) is 0 Å². The van der Waals surface area contributed by atoms with E-state index in [4.69, 9.17) is 0 Å². The summed E-state index contributed by atoms with van der Waals surface area (Å²) in [6.45, 7) is 7.82. The fraction of sp³-hybridized carbons (Fsp3) is 0.455. The van der Waals surface area contributed by atoms with Gasteiger partial charge in [0.25, 0.3) is 0 Å². The van der Waals surface area contributed by atoms with Crippen LogP contribution >= 0.6 is 0 Å². The van der Waals surface area contributed by atoms with E-state index in [2.05, 4.69) is 72.6 Å². The predicted molar refractivity (Wildman–Crippen MR) is 105 cm³/mol. The van der Waals surface area contributed by atoms with Crippen molar-refractivity contribution in [3.05, 3.63) is 65.2 Å². The average molecular weight is 338 g/mol. The number of para-hydroxylation sites is 1. The summed E-state index contributed by atoms with van der Waals surface area (Å²) < 4.78 is 0. The molecule has 1 heterocycles. The second kappa shape index (κ2) is 8.50. The Balaban J connectivity index is 1.66. The summed E-state index contributed by atoms with van der Waals surface area (Å²) in [5.41, 5.74) is 5.19. The van der Waals surface area contributed by atoms with Crippen molar-refractivity contribution in [3.63, 3.8) is 0 Å². The minimum absolute atomic E-state index is 0.279. The zero-order valence-corrected chi connectivity index (χ0v) is 15.4. The number of nitrogens with one attached hydrogen (secondary N) is 1. The number of rotatable bonds is 6. The molecule has 0 bridgehead atoms. The van der Waals surface area contributed by atoms with Gasteiger partial charge in [0.15, 0.2) is 0 Å². The van der Waals surface area contributed by atoms with E-state index in [0.717, 1.165) is 32.5 Å². The predicted octanol–water partition coefficient (Wildman–Crippen LogP) is 4.37. The van der Waals surface area contributed by atoms with Gasteiger partial charge in [-0.3, -0.25) is 4.90 Å². The number of hydrogen-bond acceptors (Lipinski definition) is 3. The molecule has 2 N–H and O–H groups in total. The minimum Gasteiger partial charge on any atom is -0.396 e. The summed E-state index contributed by atoms with van der Waals surface area (Å²) in [6, 6.07) is 17.6. The van der Waals surface area contributed by atoms with Crippen molar-refractivity contribution in [2.24, 2.45) is 5.92 Å². The summed E-state index contributed by atoms with van der Waals surface area (Å²) in [5.74, 6) is 0.492. The molecule has 1 atom stereocenters. The summed E-state index contributed by atoms with van der Waals surface area (Å²) >= 11 is 0. The molecule has 1 aliphatic heterocycles. The number of nitrogens with zero attached hydrogens (tertiary/aromatic N) is 1. The lowest BCUT2D eigenvalue weighted by Gasteiger charge is -2.31. The molecule has 3 rings (SSSR count). The lowest BCUT2D eigenvalue weighted by molar-refractivity contribution is 0.127. The first-order valence-corrected chi connectivity index (χ1v) is 9.40. The molecule has 134 valence electrons. The molecule has 0 saturated carbocycles. The number of likely N-dealkylation sites (tertiary alicyclic amines) is 1. The molecule has 25 heavy (non-hydrogen) atoms. The molecule has 1 saturated heterocycles. The van der Waals surface area contributed by atoms with Crippen molar-refractivity contribution in [1.29, 1.82) is 0 Å². The second-order valence-electron chi connectivity index (χ2n) is 7.34. The third kappa shape index (κ3) is 4.83. The van der Waals surface area contributed by atoms with E-state index in [-0.39, 0.29) is 6.04 Å². The lowest BCUT2D eigenvalue weighted by atomic mass is 9.97. The molecular weight excluding hydrogens is 308 g/mol. The van der Waals surface area contributed by atoms with Gasteiger partial charge in [-0.05, 0) is 62.9 Å². The first kappa shape index (κ1) is 18.0.